The zero-order valence-corrected chi connectivity index (χ0v) is 10.8. The van der Waals surface area contributed by atoms with Crippen LogP contribution in [0.15, 0.2) is 34.9 Å². The second kappa shape index (κ2) is 5.23. The van der Waals surface area contributed by atoms with Crippen LogP contribution in [0.3, 0.4) is 0 Å². The van der Waals surface area contributed by atoms with Gasteiger partial charge >= 0.3 is 0 Å². The van der Waals surface area contributed by atoms with Crippen molar-refractivity contribution in [3.8, 4) is 0 Å². The maximum Gasteiger partial charge on any atom is 0.223 e. The van der Waals surface area contributed by atoms with Gasteiger partial charge in [-0.3, -0.25) is 0 Å². The molecule has 1 aromatic heterocycles. The smallest absolute Gasteiger partial charge is 0.223 e. The highest BCUT2D eigenvalue weighted by Gasteiger charge is 2.02. The Balaban J connectivity index is 2.09. The van der Waals surface area contributed by atoms with Gasteiger partial charge in [-0.1, -0.05) is 15.9 Å². The molecule has 2 rings (SSSR count). The van der Waals surface area contributed by atoms with E-state index < -0.39 is 0 Å². The Morgan fingerprint density at radius 2 is 2.18 bits per heavy atom. The van der Waals surface area contributed by atoms with Gasteiger partial charge in [0.1, 0.15) is 5.82 Å². The molecule has 0 fully saturated rings. The van der Waals surface area contributed by atoms with E-state index in [4.69, 9.17) is 0 Å². The van der Waals surface area contributed by atoms with E-state index in [2.05, 4.69) is 31.2 Å². The third-order valence-electron chi connectivity index (χ3n) is 2.24. The first-order valence-corrected chi connectivity index (χ1v) is 5.92. The van der Waals surface area contributed by atoms with E-state index >= 15 is 0 Å². The summed E-state index contributed by atoms with van der Waals surface area (Å²) >= 11 is 3.37. The van der Waals surface area contributed by atoms with Gasteiger partial charge in [-0.25, -0.2) is 14.4 Å². The molecule has 17 heavy (non-hydrogen) atoms. The average Bonchev–Trinajstić information content (AvgIpc) is 2.30. The first-order chi connectivity index (χ1) is 8.15. The molecule has 0 amide bonds. The molecule has 0 unspecified atom stereocenters. The highest BCUT2D eigenvalue weighted by molar-refractivity contribution is 9.10. The largest absolute Gasteiger partial charge is 0.350 e. The predicted octanol–water partition coefficient (Wildman–Crippen LogP) is 3.30. The van der Waals surface area contributed by atoms with Gasteiger partial charge in [0.2, 0.25) is 5.95 Å². The summed E-state index contributed by atoms with van der Waals surface area (Å²) in [5.41, 5.74) is 1.72. The molecule has 0 spiro atoms. The number of hydrogen-bond donors (Lipinski definition) is 1. The monoisotopic (exact) mass is 295 g/mol. The molecule has 5 heteroatoms. The molecule has 2 aromatic rings. The van der Waals surface area contributed by atoms with Gasteiger partial charge in [0.25, 0.3) is 0 Å². The van der Waals surface area contributed by atoms with Gasteiger partial charge in [-0.05, 0) is 36.8 Å². The first-order valence-electron chi connectivity index (χ1n) is 5.12. The number of benzene rings is 1. The molecule has 1 aromatic carbocycles. The Kier molecular flexibility index (Phi) is 3.68. The average molecular weight is 296 g/mol. The van der Waals surface area contributed by atoms with Gasteiger partial charge in [0.15, 0.2) is 0 Å². The quantitative estimate of drug-likeness (QED) is 0.944. The van der Waals surface area contributed by atoms with Gasteiger partial charge in [0, 0.05) is 22.9 Å². The lowest BCUT2D eigenvalue weighted by molar-refractivity contribution is 0.625. The van der Waals surface area contributed by atoms with Crippen LogP contribution in [0, 0.1) is 12.7 Å². The molecule has 0 radical (unpaired) electrons. The van der Waals surface area contributed by atoms with Gasteiger partial charge in [-0.15, -0.1) is 0 Å². The summed E-state index contributed by atoms with van der Waals surface area (Å²) in [4.78, 5) is 8.28. The second-order valence-electron chi connectivity index (χ2n) is 3.61. The van der Waals surface area contributed by atoms with Crippen molar-refractivity contribution in [1.82, 2.24) is 9.97 Å². The zero-order valence-electron chi connectivity index (χ0n) is 9.24. The van der Waals surface area contributed by atoms with Crippen LogP contribution in [0.2, 0.25) is 0 Å². The van der Waals surface area contributed by atoms with Crippen LogP contribution < -0.4 is 5.32 Å². The summed E-state index contributed by atoms with van der Waals surface area (Å²) in [6, 6.07) is 6.40. The number of nitrogens with zero attached hydrogens (tertiary/aromatic N) is 2. The Morgan fingerprint density at radius 1 is 1.35 bits per heavy atom. The Bertz CT molecular complexity index is 531. The van der Waals surface area contributed by atoms with E-state index in [1.165, 1.54) is 12.1 Å². The summed E-state index contributed by atoms with van der Waals surface area (Å²) in [6.45, 7) is 2.37. The first kappa shape index (κ1) is 12.0. The third-order valence-corrected chi connectivity index (χ3v) is 3.01. The van der Waals surface area contributed by atoms with E-state index in [9.17, 15) is 4.39 Å². The molecule has 0 aliphatic carbocycles. The summed E-state index contributed by atoms with van der Waals surface area (Å²) in [5, 5.41) is 3.05. The minimum Gasteiger partial charge on any atom is -0.350 e. The third kappa shape index (κ3) is 3.23. The van der Waals surface area contributed by atoms with Crippen LogP contribution in [0.1, 0.15) is 11.3 Å². The fourth-order valence-corrected chi connectivity index (χ4v) is 1.77. The molecule has 88 valence electrons. The standard InChI is InChI=1S/C12H11BrFN3/c1-8-4-5-15-12(17-8)16-7-9-6-10(14)2-3-11(9)13/h2-6H,7H2,1H3,(H,15,16,17). The zero-order chi connectivity index (χ0) is 12.3. The lowest BCUT2D eigenvalue weighted by Gasteiger charge is -2.07. The number of nitrogens with one attached hydrogen (secondary N) is 1. The lowest BCUT2D eigenvalue weighted by Crippen LogP contribution is -2.04. The van der Waals surface area contributed by atoms with Gasteiger partial charge in [-0.2, -0.15) is 0 Å². The minimum absolute atomic E-state index is 0.254. The molecule has 0 bridgehead atoms. The highest BCUT2D eigenvalue weighted by atomic mass is 79.9. The number of hydrogen-bond acceptors (Lipinski definition) is 3. The van der Waals surface area contributed by atoms with Crippen molar-refractivity contribution in [2.75, 3.05) is 5.32 Å². The molecule has 0 saturated heterocycles. The molecular formula is C12H11BrFN3. The molecule has 0 aliphatic heterocycles. The van der Waals surface area contributed by atoms with E-state index in [1.54, 1.807) is 12.3 Å². The Morgan fingerprint density at radius 3 is 2.94 bits per heavy atom. The van der Waals surface area contributed by atoms with E-state index in [0.717, 1.165) is 15.7 Å². The van der Waals surface area contributed by atoms with Crippen molar-refractivity contribution in [2.24, 2.45) is 0 Å². The fraction of sp³-hybridized carbons (Fsp3) is 0.167. The summed E-state index contributed by atoms with van der Waals surface area (Å²) in [6.07, 6.45) is 1.69. The van der Waals surface area contributed by atoms with E-state index in [0.29, 0.717) is 12.5 Å². The Hall–Kier alpha value is -1.49. The second-order valence-corrected chi connectivity index (χ2v) is 4.47. The summed E-state index contributed by atoms with van der Waals surface area (Å²) in [7, 11) is 0. The maximum absolute atomic E-state index is 13.1. The summed E-state index contributed by atoms with van der Waals surface area (Å²) < 4.78 is 13.9. The molecule has 0 atom stereocenters. The van der Waals surface area contributed by atoms with Crippen molar-refractivity contribution in [3.63, 3.8) is 0 Å². The van der Waals surface area contributed by atoms with Crippen LogP contribution in [0.4, 0.5) is 10.3 Å². The van der Waals surface area contributed by atoms with Crippen LogP contribution in [0.5, 0.6) is 0 Å². The van der Waals surface area contributed by atoms with E-state index in [-0.39, 0.29) is 5.82 Å². The van der Waals surface area contributed by atoms with Crippen LogP contribution in [0.25, 0.3) is 0 Å². The molecule has 0 saturated carbocycles. The number of aromatic nitrogens is 2. The number of anilines is 1. The molecule has 0 aliphatic rings. The van der Waals surface area contributed by atoms with Crippen molar-refractivity contribution in [3.05, 3.63) is 52.0 Å². The molecule has 3 nitrogen and oxygen atoms in total. The molecular weight excluding hydrogens is 285 g/mol. The predicted molar refractivity (Wildman–Crippen MR) is 68.2 cm³/mol. The van der Waals surface area contributed by atoms with Crippen molar-refractivity contribution in [1.29, 1.82) is 0 Å². The van der Waals surface area contributed by atoms with Crippen molar-refractivity contribution >= 4 is 21.9 Å². The number of aryl methyl sites for hydroxylation is 1. The minimum atomic E-state index is -0.254. The van der Waals surface area contributed by atoms with Gasteiger partial charge < -0.3 is 5.32 Å². The van der Waals surface area contributed by atoms with Crippen molar-refractivity contribution in [2.45, 2.75) is 13.5 Å². The van der Waals surface area contributed by atoms with Crippen LogP contribution in [-0.2, 0) is 6.54 Å². The summed E-state index contributed by atoms with van der Waals surface area (Å²) in [5.74, 6) is 0.288. The van der Waals surface area contributed by atoms with E-state index in [1.807, 2.05) is 13.0 Å². The SMILES string of the molecule is Cc1ccnc(NCc2cc(F)ccc2Br)n1. The molecule has 1 N–H and O–H groups in total. The topological polar surface area (TPSA) is 37.8 Å². The molecule has 1 heterocycles. The van der Waals surface area contributed by atoms with Gasteiger partial charge in [0.05, 0.1) is 0 Å². The highest BCUT2D eigenvalue weighted by Crippen LogP contribution is 2.18. The van der Waals surface area contributed by atoms with Crippen molar-refractivity contribution < 1.29 is 4.39 Å². The number of halogens is 2. The maximum atomic E-state index is 13.1. The van der Waals surface area contributed by atoms with Crippen LogP contribution >= 0.6 is 15.9 Å². The fourth-order valence-electron chi connectivity index (χ4n) is 1.39. The Labute approximate surface area is 107 Å². The lowest BCUT2D eigenvalue weighted by atomic mass is 10.2. The van der Waals surface area contributed by atoms with Crippen LogP contribution in [-0.4, -0.2) is 9.97 Å². The number of rotatable bonds is 3. The normalized spacial score (nSPS) is 10.3.